The highest BCUT2D eigenvalue weighted by Gasteiger charge is 2.06. The van der Waals surface area contributed by atoms with Gasteiger partial charge in [-0.25, -0.2) is 4.98 Å². The summed E-state index contributed by atoms with van der Waals surface area (Å²) in [6, 6.07) is 16.1. The minimum absolute atomic E-state index is 0.102. The molecule has 0 bridgehead atoms. The topological polar surface area (TPSA) is 93.1 Å². The molecule has 3 rings (SSSR count). The molecule has 1 aromatic heterocycles. The van der Waals surface area contributed by atoms with Gasteiger partial charge in [-0.2, -0.15) is 0 Å². The zero-order valence-electron chi connectivity index (χ0n) is 15.4. The number of nitrogens with zero attached hydrogens (tertiary/aromatic N) is 2. The third kappa shape index (κ3) is 5.03. The normalized spacial score (nSPS) is 10.6. The van der Waals surface area contributed by atoms with Gasteiger partial charge in [0.2, 0.25) is 5.91 Å². The molecule has 0 unspecified atom stereocenters. The van der Waals surface area contributed by atoms with Crippen molar-refractivity contribution in [1.29, 1.82) is 0 Å². The van der Waals surface area contributed by atoms with Crippen molar-refractivity contribution in [3.63, 3.8) is 0 Å². The summed E-state index contributed by atoms with van der Waals surface area (Å²) in [5.74, 6) is -0.284. The number of hydrogen-bond acceptors (Lipinski definition) is 4. The fourth-order valence-corrected chi connectivity index (χ4v) is 2.83. The van der Waals surface area contributed by atoms with Crippen LogP contribution in [0.3, 0.4) is 0 Å². The molecule has 0 aliphatic rings. The lowest BCUT2D eigenvalue weighted by Crippen LogP contribution is -2.34. The fraction of sp³-hybridized carbons (Fsp3) is 0.238. The first-order chi connectivity index (χ1) is 13.6. The molecule has 0 atom stereocenters. The lowest BCUT2D eigenvalue weighted by molar-refractivity contribution is -0.121. The Labute approximate surface area is 162 Å². The van der Waals surface area contributed by atoms with Crippen molar-refractivity contribution in [3.8, 4) is 0 Å². The maximum absolute atomic E-state index is 12.4. The van der Waals surface area contributed by atoms with Crippen molar-refractivity contribution >= 4 is 22.7 Å². The number of aromatic nitrogens is 2. The van der Waals surface area contributed by atoms with E-state index in [1.54, 1.807) is 42.5 Å². The number of para-hydroxylation sites is 1. The van der Waals surface area contributed by atoms with Gasteiger partial charge in [-0.3, -0.25) is 19.0 Å². The molecule has 2 amide bonds. The molecule has 1 heterocycles. The van der Waals surface area contributed by atoms with E-state index in [9.17, 15) is 14.4 Å². The van der Waals surface area contributed by atoms with Gasteiger partial charge in [-0.05, 0) is 30.7 Å². The summed E-state index contributed by atoms with van der Waals surface area (Å²) in [6.45, 7) is 1.14. The van der Waals surface area contributed by atoms with Crippen LogP contribution in [0.25, 0.3) is 10.9 Å². The zero-order valence-corrected chi connectivity index (χ0v) is 15.4. The highest BCUT2D eigenvalue weighted by atomic mass is 16.2. The second-order valence-corrected chi connectivity index (χ2v) is 6.34. The van der Waals surface area contributed by atoms with Gasteiger partial charge >= 0.3 is 0 Å². The minimum Gasteiger partial charge on any atom is -0.354 e. The lowest BCUT2D eigenvalue weighted by atomic mass is 10.2. The number of carbonyl (C=O) groups is 2. The number of hydrogen-bond donors (Lipinski definition) is 2. The first kappa shape index (κ1) is 19.3. The van der Waals surface area contributed by atoms with Gasteiger partial charge in [0.15, 0.2) is 0 Å². The van der Waals surface area contributed by atoms with Gasteiger partial charge in [0, 0.05) is 31.6 Å². The van der Waals surface area contributed by atoms with E-state index in [0.717, 1.165) is 0 Å². The SMILES string of the molecule is O=C(CCCn1cnc2ccccc2c1=O)NCCNC(=O)c1ccccc1. The van der Waals surface area contributed by atoms with Crippen LogP contribution in [0.2, 0.25) is 0 Å². The summed E-state index contributed by atoms with van der Waals surface area (Å²) < 4.78 is 1.52. The molecular weight excluding hydrogens is 356 g/mol. The summed E-state index contributed by atoms with van der Waals surface area (Å²) in [4.78, 5) is 40.4. The minimum atomic E-state index is -0.168. The highest BCUT2D eigenvalue weighted by molar-refractivity contribution is 5.94. The largest absolute Gasteiger partial charge is 0.354 e. The number of fused-ring (bicyclic) bond motifs is 1. The van der Waals surface area contributed by atoms with Crippen LogP contribution in [0.15, 0.2) is 65.7 Å². The summed E-state index contributed by atoms with van der Waals surface area (Å²) in [5, 5.41) is 6.09. The average molecular weight is 378 g/mol. The molecule has 3 aromatic rings. The Morgan fingerprint density at radius 1 is 0.929 bits per heavy atom. The van der Waals surface area contributed by atoms with Crippen molar-refractivity contribution in [2.24, 2.45) is 0 Å². The molecule has 0 aliphatic heterocycles. The molecule has 0 saturated heterocycles. The fourth-order valence-electron chi connectivity index (χ4n) is 2.83. The van der Waals surface area contributed by atoms with Gasteiger partial charge in [-0.15, -0.1) is 0 Å². The molecule has 28 heavy (non-hydrogen) atoms. The molecule has 2 N–H and O–H groups in total. The van der Waals surface area contributed by atoms with Crippen molar-refractivity contribution < 1.29 is 9.59 Å². The Kier molecular flexibility index (Phi) is 6.51. The van der Waals surface area contributed by atoms with Gasteiger partial charge in [0.05, 0.1) is 17.2 Å². The average Bonchev–Trinajstić information content (AvgIpc) is 2.73. The molecule has 0 fully saturated rings. The second-order valence-electron chi connectivity index (χ2n) is 6.34. The second kappa shape index (κ2) is 9.45. The Morgan fingerprint density at radius 2 is 1.64 bits per heavy atom. The Balaban J connectivity index is 1.37. The van der Waals surface area contributed by atoms with Crippen molar-refractivity contribution in [2.75, 3.05) is 13.1 Å². The number of nitrogens with one attached hydrogen (secondary N) is 2. The highest BCUT2D eigenvalue weighted by Crippen LogP contribution is 2.05. The number of amides is 2. The molecule has 7 nitrogen and oxygen atoms in total. The van der Waals surface area contributed by atoms with Crippen LogP contribution in [0, 0.1) is 0 Å². The van der Waals surface area contributed by atoms with Gasteiger partial charge in [-0.1, -0.05) is 30.3 Å². The smallest absolute Gasteiger partial charge is 0.261 e. The molecule has 7 heteroatoms. The lowest BCUT2D eigenvalue weighted by Gasteiger charge is -2.08. The number of aryl methyl sites for hydroxylation is 1. The molecule has 0 radical (unpaired) electrons. The predicted molar refractivity (Wildman–Crippen MR) is 107 cm³/mol. The van der Waals surface area contributed by atoms with E-state index in [4.69, 9.17) is 0 Å². The van der Waals surface area contributed by atoms with E-state index in [2.05, 4.69) is 15.6 Å². The van der Waals surface area contributed by atoms with Gasteiger partial charge in [0.1, 0.15) is 0 Å². The summed E-state index contributed by atoms with van der Waals surface area (Å²) in [7, 11) is 0. The molecule has 144 valence electrons. The standard InChI is InChI=1S/C21H22N4O3/c26-19(22-12-13-23-20(27)16-7-2-1-3-8-16)11-6-14-25-15-24-18-10-5-4-9-17(18)21(25)28/h1-5,7-10,15H,6,11-14H2,(H,22,26)(H,23,27). The van der Waals surface area contributed by atoms with E-state index in [1.165, 1.54) is 10.9 Å². The third-order valence-electron chi connectivity index (χ3n) is 4.30. The Bertz CT molecular complexity index is 1010. The first-order valence-electron chi connectivity index (χ1n) is 9.19. The zero-order chi connectivity index (χ0) is 19.8. The summed E-state index contributed by atoms with van der Waals surface area (Å²) in [6.07, 6.45) is 2.34. The van der Waals surface area contributed by atoms with Crippen LogP contribution in [0.1, 0.15) is 23.2 Å². The van der Waals surface area contributed by atoms with Crippen LogP contribution < -0.4 is 16.2 Å². The van der Waals surface area contributed by atoms with E-state index in [1.807, 2.05) is 12.1 Å². The number of carbonyl (C=O) groups excluding carboxylic acids is 2. The molecule has 0 aliphatic carbocycles. The molecule has 0 spiro atoms. The molecule has 2 aromatic carbocycles. The maximum atomic E-state index is 12.4. The monoisotopic (exact) mass is 378 g/mol. The third-order valence-corrected chi connectivity index (χ3v) is 4.30. The number of rotatable bonds is 8. The van der Waals surface area contributed by atoms with E-state index in [0.29, 0.717) is 48.9 Å². The molecule has 0 saturated carbocycles. The van der Waals surface area contributed by atoms with Crippen LogP contribution in [0.5, 0.6) is 0 Å². The summed E-state index contributed by atoms with van der Waals surface area (Å²) in [5.41, 5.74) is 1.15. The van der Waals surface area contributed by atoms with E-state index < -0.39 is 0 Å². The van der Waals surface area contributed by atoms with Crippen LogP contribution >= 0.6 is 0 Å². The van der Waals surface area contributed by atoms with Crippen LogP contribution in [-0.2, 0) is 11.3 Å². The van der Waals surface area contributed by atoms with Crippen molar-refractivity contribution in [3.05, 3.63) is 76.8 Å². The molecular formula is C21H22N4O3. The van der Waals surface area contributed by atoms with Crippen LogP contribution in [-0.4, -0.2) is 34.5 Å². The number of benzene rings is 2. The first-order valence-corrected chi connectivity index (χ1v) is 9.19. The Morgan fingerprint density at radius 3 is 2.46 bits per heavy atom. The van der Waals surface area contributed by atoms with Gasteiger partial charge in [0.25, 0.3) is 11.5 Å². The van der Waals surface area contributed by atoms with Gasteiger partial charge < -0.3 is 10.6 Å². The van der Waals surface area contributed by atoms with Crippen molar-refractivity contribution in [1.82, 2.24) is 20.2 Å². The van der Waals surface area contributed by atoms with E-state index >= 15 is 0 Å². The maximum Gasteiger partial charge on any atom is 0.261 e. The summed E-state index contributed by atoms with van der Waals surface area (Å²) >= 11 is 0. The van der Waals surface area contributed by atoms with Crippen LogP contribution in [0.4, 0.5) is 0 Å². The Hall–Kier alpha value is -3.48. The van der Waals surface area contributed by atoms with E-state index in [-0.39, 0.29) is 17.4 Å². The predicted octanol–water partition coefficient (Wildman–Crippen LogP) is 1.72. The van der Waals surface area contributed by atoms with Crippen molar-refractivity contribution in [2.45, 2.75) is 19.4 Å². The quantitative estimate of drug-likeness (QED) is 0.584.